The van der Waals surface area contributed by atoms with Crippen LogP contribution in [0.3, 0.4) is 0 Å². The highest BCUT2D eigenvalue weighted by Gasteiger charge is 2.49. The molecular formula is C29H36FN3O2. The largest absolute Gasteiger partial charge is 0.352 e. The Labute approximate surface area is 207 Å². The quantitative estimate of drug-likeness (QED) is 0.633. The number of rotatable bonds is 7. The zero-order valence-electron chi connectivity index (χ0n) is 20.4. The number of carbonyl (C=O) groups is 2. The maximum Gasteiger partial charge on any atom is 0.254 e. The first-order valence-corrected chi connectivity index (χ1v) is 13.2. The van der Waals surface area contributed by atoms with Crippen LogP contribution in [0.25, 0.3) is 0 Å². The van der Waals surface area contributed by atoms with Gasteiger partial charge in [-0.25, -0.2) is 4.39 Å². The van der Waals surface area contributed by atoms with Gasteiger partial charge in [-0.05, 0) is 93.3 Å². The Morgan fingerprint density at radius 1 is 0.971 bits per heavy atom. The highest BCUT2D eigenvalue weighted by Crippen LogP contribution is 2.43. The second-order valence-corrected chi connectivity index (χ2v) is 10.4. The van der Waals surface area contributed by atoms with E-state index in [1.165, 1.54) is 31.4 Å². The lowest BCUT2D eigenvalue weighted by Crippen LogP contribution is -2.65. The molecule has 0 spiro atoms. The summed E-state index contributed by atoms with van der Waals surface area (Å²) in [5.74, 6) is 0.684. The molecule has 2 aromatic carbocycles. The molecule has 0 unspecified atom stereocenters. The molecule has 3 fully saturated rings. The molecule has 1 N–H and O–H groups in total. The van der Waals surface area contributed by atoms with E-state index >= 15 is 0 Å². The number of piperidine rings is 3. The van der Waals surface area contributed by atoms with Crippen molar-refractivity contribution in [2.45, 2.75) is 63.6 Å². The monoisotopic (exact) mass is 477 g/mol. The third-order valence-electron chi connectivity index (χ3n) is 8.26. The van der Waals surface area contributed by atoms with Crippen molar-refractivity contribution in [3.05, 3.63) is 71.5 Å². The van der Waals surface area contributed by atoms with Gasteiger partial charge in [0.05, 0.1) is 0 Å². The second-order valence-electron chi connectivity index (χ2n) is 10.4. The summed E-state index contributed by atoms with van der Waals surface area (Å²) in [5.41, 5.74) is 1.65. The molecule has 5 nitrogen and oxygen atoms in total. The normalized spacial score (nSPS) is 26.1. The molecule has 3 saturated heterocycles. The number of benzene rings is 2. The Hall–Kier alpha value is -2.73. The van der Waals surface area contributed by atoms with Crippen molar-refractivity contribution in [2.24, 2.45) is 11.8 Å². The van der Waals surface area contributed by atoms with Crippen LogP contribution in [-0.2, 0) is 11.3 Å². The molecule has 0 aromatic heterocycles. The first-order valence-electron chi connectivity index (χ1n) is 13.2. The van der Waals surface area contributed by atoms with Crippen LogP contribution in [0.4, 0.5) is 4.39 Å². The minimum absolute atomic E-state index is 0.00433. The first-order chi connectivity index (χ1) is 17.1. The standard InChI is InChI=1S/C29H36FN3O2/c30-24-15-13-22(14-16-24)29(35)33-20-23-9-5-17-32-18-6-10-25(28(23)32)26(33)11-4-12-27(34)31-19-21-7-2-1-3-8-21/h1-3,7-8,13-16,23,25-26,28H,4-6,9-12,17-20H2,(H,31,34)/t23-,25+,26+,28-/m0/s1. The van der Waals surface area contributed by atoms with E-state index in [1.807, 2.05) is 30.3 Å². The van der Waals surface area contributed by atoms with E-state index < -0.39 is 0 Å². The van der Waals surface area contributed by atoms with Crippen molar-refractivity contribution in [2.75, 3.05) is 19.6 Å². The van der Waals surface area contributed by atoms with Gasteiger partial charge in [0.25, 0.3) is 5.91 Å². The Balaban J connectivity index is 1.27. The van der Waals surface area contributed by atoms with Crippen LogP contribution in [0.2, 0.25) is 0 Å². The third-order valence-corrected chi connectivity index (χ3v) is 8.26. The van der Waals surface area contributed by atoms with Crippen molar-refractivity contribution in [1.82, 2.24) is 15.1 Å². The molecule has 2 aromatic rings. The molecule has 0 aliphatic carbocycles. The van der Waals surface area contributed by atoms with E-state index in [1.54, 1.807) is 12.1 Å². The van der Waals surface area contributed by atoms with Crippen LogP contribution in [0, 0.1) is 17.7 Å². The third kappa shape index (κ3) is 5.43. The molecule has 0 saturated carbocycles. The van der Waals surface area contributed by atoms with Gasteiger partial charge in [0, 0.05) is 37.2 Å². The number of hydrogen-bond donors (Lipinski definition) is 1. The number of hydrogen-bond acceptors (Lipinski definition) is 3. The van der Waals surface area contributed by atoms with E-state index in [2.05, 4.69) is 15.1 Å². The summed E-state index contributed by atoms with van der Waals surface area (Å²) in [6.45, 7) is 3.63. The minimum Gasteiger partial charge on any atom is -0.352 e. The average Bonchev–Trinajstić information content (AvgIpc) is 2.89. The molecule has 2 amide bonds. The van der Waals surface area contributed by atoms with Crippen LogP contribution in [-0.4, -0.2) is 53.3 Å². The van der Waals surface area contributed by atoms with Gasteiger partial charge in [0.1, 0.15) is 5.82 Å². The molecule has 35 heavy (non-hydrogen) atoms. The SMILES string of the molecule is O=C(CCC[C@@H]1[C@H]2CCCN3CCC[C@@H](CN1C(=O)c1ccc(F)cc1)[C@@H]23)NCc1ccccc1. The predicted molar refractivity (Wildman–Crippen MR) is 134 cm³/mol. The van der Waals surface area contributed by atoms with E-state index in [9.17, 15) is 14.0 Å². The van der Waals surface area contributed by atoms with Gasteiger partial charge in [0.2, 0.25) is 5.91 Å². The van der Waals surface area contributed by atoms with Gasteiger partial charge in [-0.2, -0.15) is 0 Å². The zero-order chi connectivity index (χ0) is 24.2. The number of amides is 2. The van der Waals surface area contributed by atoms with Gasteiger partial charge in [0.15, 0.2) is 0 Å². The van der Waals surface area contributed by atoms with Crippen LogP contribution in [0.5, 0.6) is 0 Å². The van der Waals surface area contributed by atoms with Gasteiger partial charge < -0.3 is 10.2 Å². The fourth-order valence-electron chi connectivity index (χ4n) is 6.71. The number of nitrogens with one attached hydrogen (secondary N) is 1. The Morgan fingerprint density at radius 2 is 1.71 bits per heavy atom. The highest BCUT2D eigenvalue weighted by molar-refractivity contribution is 5.94. The molecule has 0 radical (unpaired) electrons. The number of carbonyl (C=O) groups excluding carboxylic acids is 2. The summed E-state index contributed by atoms with van der Waals surface area (Å²) in [6.07, 6.45) is 6.71. The van der Waals surface area contributed by atoms with Crippen molar-refractivity contribution in [3.8, 4) is 0 Å². The summed E-state index contributed by atoms with van der Waals surface area (Å²) in [7, 11) is 0. The van der Waals surface area contributed by atoms with E-state index in [-0.39, 0.29) is 23.7 Å². The smallest absolute Gasteiger partial charge is 0.254 e. The molecule has 3 aliphatic heterocycles. The number of halogens is 1. The molecule has 4 atom stereocenters. The summed E-state index contributed by atoms with van der Waals surface area (Å²) < 4.78 is 13.5. The maximum absolute atomic E-state index is 13.6. The van der Waals surface area contributed by atoms with Crippen molar-refractivity contribution in [1.29, 1.82) is 0 Å². The van der Waals surface area contributed by atoms with Crippen LogP contribution in [0.15, 0.2) is 54.6 Å². The van der Waals surface area contributed by atoms with E-state index in [4.69, 9.17) is 0 Å². The molecule has 186 valence electrons. The average molecular weight is 478 g/mol. The Kier molecular flexibility index (Phi) is 7.47. The van der Waals surface area contributed by atoms with Gasteiger partial charge in [-0.3, -0.25) is 14.5 Å². The highest BCUT2D eigenvalue weighted by atomic mass is 19.1. The molecule has 6 heteroatoms. The summed E-state index contributed by atoms with van der Waals surface area (Å²) in [4.78, 5) is 30.9. The summed E-state index contributed by atoms with van der Waals surface area (Å²) in [6, 6.07) is 16.6. The van der Waals surface area contributed by atoms with Crippen molar-refractivity contribution >= 4 is 11.8 Å². The number of likely N-dealkylation sites (tertiary alicyclic amines) is 1. The predicted octanol–water partition coefficient (Wildman–Crippen LogP) is 4.63. The maximum atomic E-state index is 13.6. The molecular weight excluding hydrogens is 441 g/mol. The molecule has 5 rings (SSSR count). The lowest BCUT2D eigenvalue weighted by atomic mass is 9.69. The topological polar surface area (TPSA) is 52.7 Å². The fraction of sp³-hybridized carbons (Fsp3) is 0.517. The van der Waals surface area contributed by atoms with E-state index in [0.29, 0.717) is 36.4 Å². The lowest BCUT2D eigenvalue weighted by Gasteiger charge is -2.57. The second kappa shape index (κ2) is 10.9. The van der Waals surface area contributed by atoms with E-state index in [0.717, 1.165) is 44.5 Å². The fourth-order valence-corrected chi connectivity index (χ4v) is 6.71. The van der Waals surface area contributed by atoms with Crippen LogP contribution < -0.4 is 5.32 Å². The van der Waals surface area contributed by atoms with Crippen molar-refractivity contribution < 1.29 is 14.0 Å². The van der Waals surface area contributed by atoms with Crippen molar-refractivity contribution in [3.63, 3.8) is 0 Å². The summed E-state index contributed by atoms with van der Waals surface area (Å²) >= 11 is 0. The first kappa shape index (κ1) is 24.0. The Morgan fingerprint density at radius 3 is 2.49 bits per heavy atom. The minimum atomic E-state index is -0.325. The zero-order valence-corrected chi connectivity index (χ0v) is 20.4. The molecule has 3 heterocycles. The Bertz CT molecular complexity index is 1010. The van der Waals surface area contributed by atoms with Crippen LogP contribution in [0.1, 0.15) is 60.9 Å². The summed E-state index contributed by atoms with van der Waals surface area (Å²) in [5, 5.41) is 3.03. The van der Waals surface area contributed by atoms with Gasteiger partial charge >= 0.3 is 0 Å². The lowest BCUT2D eigenvalue weighted by molar-refractivity contribution is -0.121. The van der Waals surface area contributed by atoms with Gasteiger partial charge in [-0.1, -0.05) is 30.3 Å². The molecule has 0 bridgehead atoms. The number of nitrogens with zero attached hydrogens (tertiary/aromatic N) is 2. The molecule has 3 aliphatic rings. The van der Waals surface area contributed by atoms with Crippen LogP contribution >= 0.6 is 0 Å². The van der Waals surface area contributed by atoms with Gasteiger partial charge in [-0.15, -0.1) is 0 Å².